The molecular weight excluding hydrogens is 465 g/mol. The van der Waals surface area contributed by atoms with Crippen molar-refractivity contribution in [2.75, 3.05) is 16.8 Å². The van der Waals surface area contributed by atoms with Crippen molar-refractivity contribution in [2.24, 2.45) is 5.92 Å². The highest BCUT2D eigenvalue weighted by molar-refractivity contribution is 5.82. The van der Waals surface area contributed by atoms with Crippen LogP contribution in [0.5, 0.6) is 0 Å². The maximum absolute atomic E-state index is 13.8. The molecule has 1 aliphatic rings. The van der Waals surface area contributed by atoms with Crippen molar-refractivity contribution in [3.05, 3.63) is 57.8 Å². The number of anilines is 3. The van der Waals surface area contributed by atoms with E-state index in [1.165, 1.54) is 22.9 Å². The summed E-state index contributed by atoms with van der Waals surface area (Å²) < 4.78 is 42.6. The molecule has 5 rings (SSSR count). The molecule has 0 aliphatic heterocycles. The first-order valence-electron chi connectivity index (χ1n) is 10.4. The number of nitrogens with zero attached hydrogens (tertiary/aromatic N) is 6. The van der Waals surface area contributed by atoms with E-state index in [0.29, 0.717) is 12.8 Å². The van der Waals surface area contributed by atoms with Crippen molar-refractivity contribution in [1.29, 1.82) is 5.26 Å². The molecule has 4 aromatic rings. The number of alkyl halides is 3. The highest BCUT2D eigenvalue weighted by atomic mass is 19.4. The minimum atomic E-state index is -4.73. The van der Waals surface area contributed by atoms with Gasteiger partial charge in [-0.25, -0.2) is 9.55 Å². The molecule has 1 aliphatic carbocycles. The summed E-state index contributed by atoms with van der Waals surface area (Å²) in [5.74, 6) is -0.277. The summed E-state index contributed by atoms with van der Waals surface area (Å²) in [7, 11) is 0. The maximum Gasteiger partial charge on any atom is 0.418 e. The van der Waals surface area contributed by atoms with Crippen LogP contribution in [0.15, 0.2) is 35.3 Å². The average molecular weight is 482 g/mol. The number of nitrogen functional groups attached to an aromatic ring is 2. The van der Waals surface area contributed by atoms with Crippen LogP contribution in [0.1, 0.15) is 35.8 Å². The number of hydrogen-bond donors (Lipinski definition) is 4. The topological polar surface area (TPSA) is 177 Å². The fraction of sp³-hybridized carbons (Fsp3) is 0.238. The molecule has 1 aromatic carbocycles. The lowest BCUT2D eigenvalue weighted by Crippen LogP contribution is -2.30. The molecule has 0 amide bonds. The molecule has 178 valence electrons. The van der Waals surface area contributed by atoms with Crippen LogP contribution in [0, 0.1) is 17.2 Å². The zero-order valence-corrected chi connectivity index (χ0v) is 17.8. The van der Waals surface area contributed by atoms with Gasteiger partial charge in [-0.15, -0.1) is 0 Å². The molecule has 0 radical (unpaired) electrons. The Labute approximate surface area is 194 Å². The number of H-pyrrole nitrogens is 1. The van der Waals surface area contributed by atoms with Crippen LogP contribution in [0.3, 0.4) is 0 Å². The second-order valence-corrected chi connectivity index (χ2v) is 8.01. The maximum atomic E-state index is 13.8. The smallest absolute Gasteiger partial charge is 0.382 e. The van der Waals surface area contributed by atoms with Crippen molar-refractivity contribution in [3.63, 3.8) is 0 Å². The molecule has 6 N–H and O–H groups in total. The van der Waals surface area contributed by atoms with Crippen LogP contribution >= 0.6 is 0 Å². The molecule has 1 fully saturated rings. The van der Waals surface area contributed by atoms with Gasteiger partial charge in [0.2, 0.25) is 5.95 Å². The number of nitriles is 1. The van der Waals surface area contributed by atoms with Crippen LogP contribution in [0.4, 0.5) is 30.8 Å². The molecular formula is C21H17F3N10O. The van der Waals surface area contributed by atoms with Gasteiger partial charge < -0.3 is 16.8 Å². The van der Waals surface area contributed by atoms with Crippen molar-refractivity contribution >= 4 is 28.5 Å². The molecule has 0 saturated heterocycles. The lowest BCUT2D eigenvalue weighted by Gasteiger charge is -2.23. The van der Waals surface area contributed by atoms with E-state index in [1.54, 1.807) is 0 Å². The van der Waals surface area contributed by atoms with Crippen molar-refractivity contribution in [3.8, 4) is 11.9 Å². The molecule has 1 atom stereocenters. The molecule has 0 unspecified atom stereocenters. The van der Waals surface area contributed by atoms with E-state index in [1.807, 2.05) is 6.07 Å². The van der Waals surface area contributed by atoms with Gasteiger partial charge in [0.25, 0.3) is 5.56 Å². The fourth-order valence-corrected chi connectivity index (χ4v) is 3.95. The van der Waals surface area contributed by atoms with Gasteiger partial charge in [0.15, 0.2) is 5.82 Å². The summed E-state index contributed by atoms with van der Waals surface area (Å²) in [6, 6.07) is 5.91. The van der Waals surface area contributed by atoms with Gasteiger partial charge in [-0.3, -0.25) is 9.89 Å². The van der Waals surface area contributed by atoms with Gasteiger partial charge >= 0.3 is 6.18 Å². The van der Waals surface area contributed by atoms with Gasteiger partial charge in [-0.1, -0.05) is 6.07 Å². The summed E-state index contributed by atoms with van der Waals surface area (Å²) in [6.45, 7) is 0. The van der Waals surface area contributed by atoms with E-state index in [9.17, 15) is 23.2 Å². The number of halogens is 3. The number of aromatic amines is 1. The van der Waals surface area contributed by atoms with Crippen LogP contribution in [0.25, 0.3) is 16.7 Å². The predicted molar refractivity (Wildman–Crippen MR) is 119 cm³/mol. The summed E-state index contributed by atoms with van der Waals surface area (Å²) in [5.41, 5.74) is 9.20. The first kappa shape index (κ1) is 22.1. The van der Waals surface area contributed by atoms with Crippen LogP contribution in [-0.2, 0) is 6.18 Å². The number of nitrogens with one attached hydrogen (secondary N) is 2. The first-order chi connectivity index (χ1) is 16.7. The number of rotatable bonds is 5. The highest BCUT2D eigenvalue weighted by Gasteiger charge is 2.39. The number of aromatic nitrogens is 6. The quantitative estimate of drug-likeness (QED) is 0.333. The van der Waals surface area contributed by atoms with Crippen LogP contribution < -0.4 is 22.3 Å². The molecule has 1 saturated carbocycles. The van der Waals surface area contributed by atoms with Gasteiger partial charge in [0, 0.05) is 6.07 Å². The van der Waals surface area contributed by atoms with Gasteiger partial charge in [0.1, 0.15) is 29.1 Å². The molecule has 35 heavy (non-hydrogen) atoms. The normalized spacial score (nSPS) is 14.6. The lowest BCUT2D eigenvalue weighted by atomic mass is 10.1. The van der Waals surface area contributed by atoms with Crippen LogP contribution in [-0.4, -0.2) is 29.7 Å². The Hall–Kier alpha value is -4.67. The Morgan fingerprint density at radius 3 is 2.60 bits per heavy atom. The van der Waals surface area contributed by atoms with Crippen LogP contribution in [0.2, 0.25) is 0 Å². The fourth-order valence-electron chi connectivity index (χ4n) is 3.95. The van der Waals surface area contributed by atoms with E-state index in [0.717, 1.165) is 12.1 Å². The largest absolute Gasteiger partial charge is 0.418 e. The zero-order chi connectivity index (χ0) is 24.9. The van der Waals surface area contributed by atoms with E-state index >= 15 is 0 Å². The number of para-hydroxylation sites is 1. The minimum absolute atomic E-state index is 0.00871. The Morgan fingerprint density at radius 2 is 1.97 bits per heavy atom. The first-order valence-corrected chi connectivity index (χ1v) is 10.4. The van der Waals surface area contributed by atoms with Gasteiger partial charge in [-0.05, 0) is 30.9 Å². The standard InChI is InChI=1S/C21H17F3N10O/c22-21(23,24)12-3-1-2-10-15(12)30-18(34(19(10)35)13-6-7-28-33-13)14(9-4-5-9)29-17-11(8-25)16(26)31-20(27)32-17/h1-3,6-7,9,14H,4-5H2,(H,28,33)(H5,26,27,29,31,32)/t14-/m0/s1. The Balaban J connectivity index is 1.79. The van der Waals surface area contributed by atoms with E-state index in [4.69, 9.17) is 11.5 Å². The minimum Gasteiger partial charge on any atom is -0.382 e. The van der Waals surface area contributed by atoms with E-state index in [2.05, 4.69) is 30.5 Å². The molecule has 3 heterocycles. The average Bonchev–Trinajstić information content (AvgIpc) is 3.50. The predicted octanol–water partition coefficient (Wildman–Crippen LogP) is 2.52. The zero-order valence-electron chi connectivity index (χ0n) is 17.8. The summed E-state index contributed by atoms with van der Waals surface area (Å²) in [5, 5.41) is 18.9. The molecule has 0 bridgehead atoms. The third-order valence-electron chi connectivity index (χ3n) is 5.69. The van der Waals surface area contributed by atoms with Crippen molar-refractivity contribution in [2.45, 2.75) is 25.1 Å². The number of fused-ring (bicyclic) bond motifs is 1. The van der Waals surface area contributed by atoms with E-state index in [-0.39, 0.29) is 46.1 Å². The third-order valence-corrected chi connectivity index (χ3v) is 5.69. The van der Waals surface area contributed by atoms with Gasteiger partial charge in [0.05, 0.1) is 28.7 Å². The SMILES string of the molecule is N#Cc1c(N)nc(N)nc1N[C@H](c1nc2c(C(F)(F)F)cccc2c(=O)n1-c1ccn[nH]1)C1CC1. The summed E-state index contributed by atoms with van der Waals surface area (Å²) >= 11 is 0. The van der Waals surface area contributed by atoms with Crippen molar-refractivity contribution in [1.82, 2.24) is 29.7 Å². The lowest BCUT2D eigenvalue weighted by molar-refractivity contribution is -0.136. The molecule has 14 heteroatoms. The number of hydrogen-bond acceptors (Lipinski definition) is 9. The molecule has 11 nitrogen and oxygen atoms in total. The third kappa shape index (κ3) is 3.86. The molecule has 3 aromatic heterocycles. The second kappa shape index (κ2) is 7.97. The monoisotopic (exact) mass is 482 g/mol. The Morgan fingerprint density at radius 1 is 1.20 bits per heavy atom. The summed E-state index contributed by atoms with van der Waals surface area (Å²) in [4.78, 5) is 25.7. The number of nitrogens with two attached hydrogens (primary N) is 2. The molecule has 0 spiro atoms. The van der Waals surface area contributed by atoms with Gasteiger partial charge in [-0.2, -0.15) is 33.5 Å². The number of benzene rings is 1. The second-order valence-electron chi connectivity index (χ2n) is 8.01. The summed E-state index contributed by atoms with van der Waals surface area (Å²) in [6.07, 6.45) is -1.93. The van der Waals surface area contributed by atoms with E-state index < -0.39 is 28.9 Å². The van der Waals surface area contributed by atoms with Crippen molar-refractivity contribution < 1.29 is 13.2 Å². The Bertz CT molecular complexity index is 1530. The Kier molecular flexibility index (Phi) is 5.04. The highest BCUT2D eigenvalue weighted by Crippen LogP contribution is 2.43.